The van der Waals surface area contributed by atoms with E-state index in [4.69, 9.17) is 23.2 Å². The van der Waals surface area contributed by atoms with Crippen molar-refractivity contribution in [2.75, 3.05) is 6.54 Å². The lowest BCUT2D eigenvalue weighted by molar-refractivity contribution is -0.141. The number of ketones is 1. The molecule has 1 heterocycles. The van der Waals surface area contributed by atoms with Crippen molar-refractivity contribution in [3.8, 4) is 0 Å². The van der Waals surface area contributed by atoms with Crippen LogP contribution in [0.5, 0.6) is 0 Å². The van der Waals surface area contributed by atoms with Gasteiger partial charge in [0, 0.05) is 21.6 Å². The molecule has 0 amide bonds. The lowest BCUT2D eigenvalue weighted by Crippen LogP contribution is -2.45. The number of rotatable bonds is 7. The molecule has 4 rings (SSSR count). The van der Waals surface area contributed by atoms with Crippen LogP contribution in [-0.4, -0.2) is 29.4 Å². The summed E-state index contributed by atoms with van der Waals surface area (Å²) in [6, 6.07) is 11.6. The van der Waals surface area contributed by atoms with Crippen molar-refractivity contribution in [3.63, 3.8) is 0 Å². The molecule has 170 valence electrons. The van der Waals surface area contributed by atoms with Crippen molar-refractivity contribution < 1.29 is 14.7 Å². The molecular formula is C25H27Cl2NO3S. The fraction of sp³-hybridized carbons (Fsp3) is 0.440. The van der Waals surface area contributed by atoms with Crippen molar-refractivity contribution in [1.82, 2.24) is 5.32 Å². The number of carboxylic acid groups (broad SMARTS) is 1. The van der Waals surface area contributed by atoms with Crippen LogP contribution in [0.1, 0.15) is 56.1 Å². The van der Waals surface area contributed by atoms with Crippen LogP contribution < -0.4 is 5.32 Å². The summed E-state index contributed by atoms with van der Waals surface area (Å²) in [6.45, 7) is 4.89. The number of hydrogen-bond donors (Lipinski definition) is 2. The van der Waals surface area contributed by atoms with Crippen molar-refractivity contribution in [2.45, 2.75) is 60.8 Å². The Hall–Kier alpha value is -1.53. The topological polar surface area (TPSA) is 66.4 Å². The zero-order valence-corrected chi connectivity index (χ0v) is 20.4. The molecule has 2 aliphatic rings. The van der Waals surface area contributed by atoms with Gasteiger partial charge in [-0.2, -0.15) is 0 Å². The van der Waals surface area contributed by atoms with E-state index in [0.717, 1.165) is 21.8 Å². The molecule has 2 aromatic rings. The number of benzene rings is 2. The molecule has 7 heteroatoms. The second-order valence-electron chi connectivity index (χ2n) is 8.99. The van der Waals surface area contributed by atoms with Gasteiger partial charge in [-0.15, -0.1) is 0 Å². The fourth-order valence-electron chi connectivity index (χ4n) is 4.60. The molecule has 1 saturated carbocycles. The molecular weight excluding hydrogens is 465 g/mol. The number of aliphatic carboxylic acids is 1. The summed E-state index contributed by atoms with van der Waals surface area (Å²) in [7, 11) is 0. The first kappa shape index (κ1) is 23.6. The Kier molecular flexibility index (Phi) is 7.21. The molecule has 0 bridgehead atoms. The van der Waals surface area contributed by atoms with E-state index in [2.05, 4.69) is 31.3 Å². The summed E-state index contributed by atoms with van der Waals surface area (Å²) in [5, 5.41) is 13.3. The summed E-state index contributed by atoms with van der Waals surface area (Å²) in [6.07, 6.45) is 1.79. The molecule has 0 radical (unpaired) electrons. The third kappa shape index (κ3) is 4.86. The highest BCUT2D eigenvalue weighted by molar-refractivity contribution is 7.99. The minimum absolute atomic E-state index is 0.0627. The van der Waals surface area contributed by atoms with Gasteiger partial charge >= 0.3 is 5.97 Å². The Morgan fingerprint density at radius 2 is 1.81 bits per heavy atom. The number of halogens is 2. The summed E-state index contributed by atoms with van der Waals surface area (Å²) in [4.78, 5) is 26.4. The Labute approximate surface area is 203 Å². The Morgan fingerprint density at radius 1 is 1.06 bits per heavy atom. The van der Waals surface area contributed by atoms with Crippen LogP contribution >= 0.6 is 35.0 Å². The molecule has 2 N–H and O–H groups in total. The molecule has 4 unspecified atom stereocenters. The van der Waals surface area contributed by atoms with Gasteiger partial charge in [-0.1, -0.05) is 73.1 Å². The van der Waals surface area contributed by atoms with E-state index in [0.29, 0.717) is 35.3 Å². The number of carbonyl (C=O) groups excluding carboxylic acids is 1. The standard InChI is InChI=1S/C25H27Cl2NO3S/c1-13(2)15-5-3-4-6-20(15)32-21-8-7-16(22(26)23(21)27)17-12-18(17)24(29)14-9-10-28-19(11-14)25(30)31/h3-8,13-14,17-19,28H,9-12H2,1-2H3,(H,30,31). The summed E-state index contributed by atoms with van der Waals surface area (Å²) in [5.74, 6) is -0.560. The normalized spacial score (nSPS) is 25.0. The molecule has 1 saturated heterocycles. The van der Waals surface area contributed by atoms with Gasteiger partial charge in [0.2, 0.25) is 0 Å². The first-order chi connectivity index (χ1) is 15.3. The quantitative estimate of drug-likeness (QED) is 0.469. The van der Waals surface area contributed by atoms with Gasteiger partial charge in [0.15, 0.2) is 0 Å². The second-order valence-corrected chi connectivity index (χ2v) is 10.8. The van der Waals surface area contributed by atoms with Crippen LogP contribution in [0.4, 0.5) is 0 Å². The number of carboxylic acids is 1. The predicted molar refractivity (Wildman–Crippen MR) is 129 cm³/mol. The van der Waals surface area contributed by atoms with Crippen LogP contribution in [0.15, 0.2) is 46.2 Å². The van der Waals surface area contributed by atoms with E-state index >= 15 is 0 Å². The van der Waals surface area contributed by atoms with Gasteiger partial charge in [-0.05, 0) is 60.9 Å². The molecule has 4 atom stereocenters. The molecule has 2 aromatic carbocycles. The van der Waals surface area contributed by atoms with Crippen LogP contribution in [0.2, 0.25) is 10.0 Å². The number of Topliss-reactive ketones (excluding diaryl/α,β-unsaturated/α-hetero) is 1. The van der Waals surface area contributed by atoms with Gasteiger partial charge in [0.05, 0.1) is 10.0 Å². The summed E-state index contributed by atoms with van der Waals surface area (Å²) >= 11 is 15.0. The summed E-state index contributed by atoms with van der Waals surface area (Å²) in [5.41, 5.74) is 2.18. The van der Waals surface area contributed by atoms with E-state index in [-0.39, 0.29) is 23.5 Å². The zero-order chi connectivity index (χ0) is 23.0. The first-order valence-corrected chi connectivity index (χ1v) is 12.6. The number of carbonyl (C=O) groups is 2. The largest absolute Gasteiger partial charge is 0.480 e. The Balaban J connectivity index is 1.48. The van der Waals surface area contributed by atoms with Crippen LogP contribution in [0.25, 0.3) is 0 Å². The lowest BCUT2D eigenvalue weighted by Gasteiger charge is -2.27. The average Bonchev–Trinajstić information content (AvgIpc) is 3.57. The fourth-order valence-corrected chi connectivity index (χ4v) is 6.38. The molecule has 0 spiro atoms. The van der Waals surface area contributed by atoms with Gasteiger partial charge in [0.1, 0.15) is 11.8 Å². The van der Waals surface area contributed by atoms with Crippen LogP contribution in [0, 0.1) is 11.8 Å². The van der Waals surface area contributed by atoms with E-state index in [1.165, 1.54) is 5.56 Å². The van der Waals surface area contributed by atoms with Crippen molar-refractivity contribution in [1.29, 1.82) is 0 Å². The minimum atomic E-state index is -0.892. The summed E-state index contributed by atoms with van der Waals surface area (Å²) < 4.78 is 0. The molecule has 1 aliphatic heterocycles. The Bertz CT molecular complexity index is 1040. The molecule has 2 fully saturated rings. The van der Waals surface area contributed by atoms with E-state index in [1.54, 1.807) is 11.8 Å². The maximum atomic E-state index is 13.0. The molecule has 0 aromatic heterocycles. The minimum Gasteiger partial charge on any atom is -0.480 e. The predicted octanol–water partition coefficient (Wildman–Crippen LogP) is 6.39. The van der Waals surface area contributed by atoms with E-state index in [9.17, 15) is 14.7 Å². The highest BCUT2D eigenvalue weighted by atomic mass is 35.5. The van der Waals surface area contributed by atoms with Crippen molar-refractivity contribution in [2.24, 2.45) is 11.8 Å². The van der Waals surface area contributed by atoms with Gasteiger partial charge in [-0.3, -0.25) is 9.59 Å². The van der Waals surface area contributed by atoms with E-state index in [1.807, 2.05) is 24.3 Å². The third-order valence-corrected chi connectivity index (χ3v) is 8.66. The van der Waals surface area contributed by atoms with Gasteiger partial charge < -0.3 is 10.4 Å². The Morgan fingerprint density at radius 3 is 2.53 bits per heavy atom. The maximum Gasteiger partial charge on any atom is 0.320 e. The van der Waals surface area contributed by atoms with E-state index < -0.39 is 12.0 Å². The average molecular weight is 492 g/mol. The zero-order valence-electron chi connectivity index (χ0n) is 18.1. The SMILES string of the molecule is CC(C)c1ccccc1Sc1ccc(C2CC2C(=O)C2CCNC(C(=O)O)C2)c(Cl)c1Cl. The van der Waals surface area contributed by atoms with Crippen molar-refractivity contribution in [3.05, 3.63) is 57.6 Å². The monoisotopic (exact) mass is 491 g/mol. The number of piperidine rings is 1. The van der Waals surface area contributed by atoms with Crippen LogP contribution in [-0.2, 0) is 9.59 Å². The smallest absolute Gasteiger partial charge is 0.320 e. The highest BCUT2D eigenvalue weighted by Crippen LogP contribution is 2.54. The van der Waals surface area contributed by atoms with Gasteiger partial charge in [-0.25, -0.2) is 0 Å². The molecule has 32 heavy (non-hydrogen) atoms. The van der Waals surface area contributed by atoms with Crippen LogP contribution in [0.3, 0.4) is 0 Å². The second kappa shape index (κ2) is 9.76. The maximum absolute atomic E-state index is 13.0. The molecule has 4 nitrogen and oxygen atoms in total. The third-order valence-electron chi connectivity index (χ3n) is 6.50. The highest BCUT2D eigenvalue weighted by Gasteiger charge is 2.48. The van der Waals surface area contributed by atoms with Gasteiger partial charge in [0.25, 0.3) is 0 Å². The molecule has 1 aliphatic carbocycles. The number of nitrogens with one attached hydrogen (secondary N) is 1. The number of hydrogen-bond acceptors (Lipinski definition) is 4. The van der Waals surface area contributed by atoms with Crippen molar-refractivity contribution >= 4 is 46.7 Å². The first-order valence-electron chi connectivity index (χ1n) is 11.0. The lowest BCUT2D eigenvalue weighted by atomic mass is 9.86.